The second kappa shape index (κ2) is 4.06. The summed E-state index contributed by atoms with van der Waals surface area (Å²) in [7, 11) is 0. The van der Waals surface area contributed by atoms with Gasteiger partial charge in [-0.3, -0.25) is 4.79 Å². The van der Waals surface area contributed by atoms with Crippen LogP contribution in [0.2, 0.25) is 0 Å². The summed E-state index contributed by atoms with van der Waals surface area (Å²) in [5, 5.41) is 9.15. The molecule has 1 aromatic rings. The molecule has 0 saturated carbocycles. The average molecular weight is 233 g/mol. The van der Waals surface area contributed by atoms with Gasteiger partial charge in [0.15, 0.2) is 0 Å². The van der Waals surface area contributed by atoms with Crippen molar-refractivity contribution in [1.82, 2.24) is 0 Å². The van der Waals surface area contributed by atoms with Crippen molar-refractivity contribution in [2.45, 2.75) is 32.7 Å². The lowest BCUT2D eigenvalue weighted by atomic mass is 9.96. The van der Waals surface area contributed by atoms with Crippen LogP contribution in [0.3, 0.4) is 0 Å². The highest BCUT2D eigenvalue weighted by Crippen LogP contribution is 2.38. The third kappa shape index (κ3) is 2.14. The van der Waals surface area contributed by atoms with Crippen LogP contribution in [0.4, 0.5) is 5.69 Å². The minimum Gasteiger partial charge on any atom is -0.481 e. The van der Waals surface area contributed by atoms with E-state index >= 15 is 0 Å². The summed E-state index contributed by atoms with van der Waals surface area (Å²) in [6.45, 7) is 6.90. The van der Waals surface area contributed by atoms with Gasteiger partial charge in [-0.2, -0.15) is 0 Å². The van der Waals surface area contributed by atoms with Crippen molar-refractivity contribution in [2.75, 3.05) is 11.4 Å². The SMILES string of the molecule is Cc1ccccc1N1CC(C(=O)O)CC1(C)C. The highest BCUT2D eigenvalue weighted by atomic mass is 16.4. The molecule has 17 heavy (non-hydrogen) atoms. The molecule has 1 aliphatic rings. The number of nitrogens with zero attached hydrogens (tertiary/aromatic N) is 1. The molecule has 0 amide bonds. The van der Waals surface area contributed by atoms with Crippen LogP contribution in [0.1, 0.15) is 25.8 Å². The van der Waals surface area contributed by atoms with E-state index in [2.05, 4.69) is 37.8 Å². The van der Waals surface area contributed by atoms with E-state index in [0.717, 1.165) is 5.69 Å². The zero-order valence-corrected chi connectivity index (χ0v) is 10.6. The lowest BCUT2D eigenvalue weighted by molar-refractivity contribution is -0.141. The molecule has 1 fully saturated rings. The maximum Gasteiger partial charge on any atom is 0.308 e. The minimum atomic E-state index is -0.686. The first-order chi connectivity index (χ1) is 7.92. The summed E-state index contributed by atoms with van der Waals surface area (Å²) in [6, 6.07) is 8.16. The molecule has 0 radical (unpaired) electrons. The van der Waals surface area contributed by atoms with Crippen molar-refractivity contribution in [3.05, 3.63) is 29.8 Å². The van der Waals surface area contributed by atoms with Crippen molar-refractivity contribution < 1.29 is 9.90 Å². The van der Waals surface area contributed by atoms with Crippen LogP contribution in [0.25, 0.3) is 0 Å². The number of hydrogen-bond donors (Lipinski definition) is 1. The number of aryl methyl sites for hydroxylation is 1. The summed E-state index contributed by atoms with van der Waals surface area (Å²) < 4.78 is 0. The normalized spacial score (nSPS) is 22.8. The Bertz CT molecular complexity index is 440. The summed E-state index contributed by atoms with van der Waals surface area (Å²) >= 11 is 0. The van der Waals surface area contributed by atoms with E-state index in [-0.39, 0.29) is 11.5 Å². The molecule has 1 heterocycles. The van der Waals surface area contributed by atoms with E-state index < -0.39 is 5.97 Å². The standard InChI is InChI=1S/C14H19NO2/c1-10-6-4-5-7-12(10)15-9-11(13(16)17)8-14(15,2)3/h4-7,11H,8-9H2,1-3H3,(H,16,17). The monoisotopic (exact) mass is 233 g/mol. The van der Waals surface area contributed by atoms with Crippen LogP contribution in [0.5, 0.6) is 0 Å². The van der Waals surface area contributed by atoms with Crippen LogP contribution < -0.4 is 4.90 Å². The highest BCUT2D eigenvalue weighted by Gasteiger charge is 2.41. The van der Waals surface area contributed by atoms with E-state index in [9.17, 15) is 4.79 Å². The third-order valence-corrected chi connectivity index (χ3v) is 3.64. The summed E-state index contributed by atoms with van der Waals surface area (Å²) in [4.78, 5) is 13.3. The van der Waals surface area contributed by atoms with Gasteiger partial charge in [0.25, 0.3) is 0 Å². The Morgan fingerprint density at radius 2 is 2.06 bits per heavy atom. The summed E-state index contributed by atoms with van der Waals surface area (Å²) in [5.41, 5.74) is 2.27. The van der Waals surface area contributed by atoms with Crippen molar-refractivity contribution >= 4 is 11.7 Å². The Morgan fingerprint density at radius 1 is 1.41 bits per heavy atom. The zero-order valence-electron chi connectivity index (χ0n) is 10.6. The fraction of sp³-hybridized carbons (Fsp3) is 0.500. The van der Waals surface area contributed by atoms with Crippen LogP contribution >= 0.6 is 0 Å². The molecule has 3 nitrogen and oxygen atoms in total. The van der Waals surface area contributed by atoms with E-state index in [0.29, 0.717) is 13.0 Å². The predicted molar refractivity (Wildman–Crippen MR) is 68.3 cm³/mol. The molecule has 1 N–H and O–H groups in total. The molecule has 2 rings (SSSR count). The molecule has 3 heteroatoms. The van der Waals surface area contributed by atoms with Gasteiger partial charge < -0.3 is 10.0 Å². The fourth-order valence-electron chi connectivity index (χ4n) is 2.70. The lowest BCUT2D eigenvalue weighted by Crippen LogP contribution is -2.38. The van der Waals surface area contributed by atoms with E-state index in [1.807, 2.05) is 12.1 Å². The Kier molecular flexibility index (Phi) is 2.86. The second-order valence-electron chi connectivity index (χ2n) is 5.45. The second-order valence-corrected chi connectivity index (χ2v) is 5.45. The number of carboxylic acid groups (broad SMARTS) is 1. The van der Waals surface area contributed by atoms with Gasteiger partial charge in [-0.25, -0.2) is 0 Å². The summed E-state index contributed by atoms with van der Waals surface area (Å²) in [6.07, 6.45) is 0.705. The number of rotatable bonds is 2. The molecule has 92 valence electrons. The molecule has 1 aliphatic heterocycles. The summed E-state index contributed by atoms with van der Waals surface area (Å²) in [5.74, 6) is -0.946. The van der Waals surface area contributed by atoms with Crippen molar-refractivity contribution in [3.63, 3.8) is 0 Å². The van der Waals surface area contributed by atoms with Crippen LogP contribution in [-0.4, -0.2) is 23.2 Å². The van der Waals surface area contributed by atoms with E-state index in [1.165, 1.54) is 5.56 Å². The topological polar surface area (TPSA) is 40.5 Å². The molecule has 0 aromatic heterocycles. The number of hydrogen-bond acceptors (Lipinski definition) is 2. The van der Waals surface area contributed by atoms with Gasteiger partial charge in [-0.05, 0) is 38.8 Å². The van der Waals surface area contributed by atoms with Crippen LogP contribution in [-0.2, 0) is 4.79 Å². The van der Waals surface area contributed by atoms with Gasteiger partial charge in [-0.1, -0.05) is 18.2 Å². The molecule has 0 spiro atoms. The van der Waals surface area contributed by atoms with Crippen LogP contribution in [0, 0.1) is 12.8 Å². The van der Waals surface area contributed by atoms with Gasteiger partial charge in [0.1, 0.15) is 0 Å². The molecule has 0 aliphatic carbocycles. The number of carbonyl (C=O) groups is 1. The van der Waals surface area contributed by atoms with Crippen molar-refractivity contribution in [1.29, 1.82) is 0 Å². The molecule has 1 atom stereocenters. The van der Waals surface area contributed by atoms with Crippen molar-refractivity contribution in [3.8, 4) is 0 Å². The first kappa shape index (κ1) is 12.0. The number of anilines is 1. The third-order valence-electron chi connectivity index (χ3n) is 3.64. The lowest BCUT2D eigenvalue weighted by Gasteiger charge is -2.34. The molecular formula is C14H19NO2. The smallest absolute Gasteiger partial charge is 0.308 e. The Labute approximate surface area is 102 Å². The quantitative estimate of drug-likeness (QED) is 0.853. The van der Waals surface area contributed by atoms with Crippen molar-refractivity contribution in [2.24, 2.45) is 5.92 Å². The Morgan fingerprint density at radius 3 is 2.59 bits per heavy atom. The number of para-hydroxylation sites is 1. The molecule has 1 aromatic carbocycles. The number of carboxylic acids is 1. The molecule has 1 unspecified atom stereocenters. The highest BCUT2D eigenvalue weighted by molar-refractivity contribution is 5.73. The average Bonchev–Trinajstić information content (AvgIpc) is 2.55. The van der Waals surface area contributed by atoms with Crippen LogP contribution in [0.15, 0.2) is 24.3 Å². The number of benzene rings is 1. The number of aliphatic carboxylic acids is 1. The minimum absolute atomic E-state index is 0.0881. The fourth-order valence-corrected chi connectivity index (χ4v) is 2.70. The largest absolute Gasteiger partial charge is 0.481 e. The molecular weight excluding hydrogens is 214 g/mol. The van der Waals surface area contributed by atoms with Gasteiger partial charge >= 0.3 is 5.97 Å². The first-order valence-corrected chi connectivity index (χ1v) is 5.98. The Hall–Kier alpha value is -1.51. The molecule has 1 saturated heterocycles. The van der Waals surface area contributed by atoms with Gasteiger partial charge in [0.2, 0.25) is 0 Å². The molecule has 0 bridgehead atoms. The van der Waals surface area contributed by atoms with Gasteiger partial charge in [0.05, 0.1) is 5.92 Å². The first-order valence-electron chi connectivity index (χ1n) is 5.98. The van der Waals surface area contributed by atoms with Gasteiger partial charge in [-0.15, -0.1) is 0 Å². The predicted octanol–water partition coefficient (Wildman–Crippen LogP) is 2.68. The maximum absolute atomic E-state index is 11.1. The zero-order chi connectivity index (χ0) is 12.6. The van der Waals surface area contributed by atoms with Gasteiger partial charge in [0, 0.05) is 17.8 Å². The van der Waals surface area contributed by atoms with E-state index in [4.69, 9.17) is 5.11 Å². The Balaban J connectivity index is 2.33. The van der Waals surface area contributed by atoms with E-state index in [1.54, 1.807) is 0 Å². The maximum atomic E-state index is 11.1.